The zero-order valence-electron chi connectivity index (χ0n) is 10.6. The summed E-state index contributed by atoms with van der Waals surface area (Å²) in [5.41, 5.74) is 1.29. The Morgan fingerprint density at radius 1 is 1.28 bits per heavy atom. The van der Waals surface area contributed by atoms with Crippen LogP contribution in [0.3, 0.4) is 0 Å². The van der Waals surface area contributed by atoms with Crippen molar-refractivity contribution in [2.45, 2.75) is 13.0 Å². The highest BCUT2D eigenvalue weighted by Crippen LogP contribution is 2.11. The number of carbonyl (C=O) groups excluding carboxylic acids is 1. The predicted octanol–water partition coefficient (Wildman–Crippen LogP) is 0.913. The Bertz CT molecular complexity index is 569. The summed E-state index contributed by atoms with van der Waals surface area (Å²) in [6.45, 7) is 1.80. The quantitative estimate of drug-likeness (QED) is 0.870. The maximum Gasteiger partial charge on any atom is 0.244 e. The maximum atomic E-state index is 11.7. The van der Waals surface area contributed by atoms with E-state index in [2.05, 4.69) is 20.3 Å². The zero-order chi connectivity index (χ0) is 13.1. The number of pyridine rings is 1. The first kappa shape index (κ1) is 12.2. The molecule has 94 valence electrons. The Balaban J connectivity index is 2.19. The van der Waals surface area contributed by atoms with E-state index < -0.39 is 0 Å². The number of aromatic nitrogens is 3. The Morgan fingerprint density at radius 2 is 2.00 bits per heavy atom. The molecule has 2 aromatic rings. The average molecular weight is 245 g/mol. The molecule has 0 fully saturated rings. The summed E-state index contributed by atoms with van der Waals surface area (Å²) in [6, 6.07) is 3.28. The van der Waals surface area contributed by atoms with Gasteiger partial charge < -0.3 is 10.2 Å². The standard InChI is InChI=1S/C12H15N5O/c1-8(12(18)17(2)3)15-10-5-4-9-11(16-10)14-7-6-13-9/h4-8H,1-3H3,(H,14,15,16). The minimum Gasteiger partial charge on any atom is -0.359 e. The van der Waals surface area contributed by atoms with Gasteiger partial charge in [0.05, 0.1) is 0 Å². The molecule has 0 aliphatic heterocycles. The van der Waals surface area contributed by atoms with Crippen molar-refractivity contribution in [3.63, 3.8) is 0 Å². The molecular formula is C12H15N5O. The number of carbonyl (C=O) groups is 1. The van der Waals surface area contributed by atoms with Gasteiger partial charge in [-0.25, -0.2) is 9.97 Å². The topological polar surface area (TPSA) is 71.0 Å². The lowest BCUT2D eigenvalue weighted by molar-refractivity contribution is -0.129. The fourth-order valence-electron chi connectivity index (χ4n) is 1.61. The van der Waals surface area contributed by atoms with Crippen LogP contribution in [0.5, 0.6) is 0 Å². The van der Waals surface area contributed by atoms with Crippen molar-refractivity contribution in [3.8, 4) is 0 Å². The molecule has 2 aromatic heterocycles. The molecule has 0 bridgehead atoms. The number of likely N-dealkylation sites (N-methyl/N-ethyl adjacent to an activating group) is 1. The van der Waals surface area contributed by atoms with E-state index in [0.717, 1.165) is 5.52 Å². The maximum absolute atomic E-state index is 11.7. The molecule has 1 atom stereocenters. The van der Waals surface area contributed by atoms with Gasteiger partial charge in [0.15, 0.2) is 5.65 Å². The third kappa shape index (κ3) is 2.53. The van der Waals surface area contributed by atoms with E-state index in [9.17, 15) is 4.79 Å². The summed E-state index contributed by atoms with van der Waals surface area (Å²) in [7, 11) is 3.44. The first-order chi connectivity index (χ1) is 8.58. The van der Waals surface area contributed by atoms with Crippen LogP contribution in [0.4, 0.5) is 5.82 Å². The van der Waals surface area contributed by atoms with Crippen molar-refractivity contribution in [2.75, 3.05) is 19.4 Å². The van der Waals surface area contributed by atoms with Gasteiger partial charge in [-0.3, -0.25) is 9.78 Å². The molecule has 2 rings (SSSR count). The summed E-state index contributed by atoms with van der Waals surface area (Å²) >= 11 is 0. The largest absolute Gasteiger partial charge is 0.359 e. The number of fused-ring (bicyclic) bond motifs is 1. The van der Waals surface area contributed by atoms with Crippen molar-refractivity contribution in [1.29, 1.82) is 0 Å². The molecule has 0 aliphatic rings. The van der Waals surface area contributed by atoms with Crippen LogP contribution >= 0.6 is 0 Å². The normalized spacial score (nSPS) is 12.2. The van der Waals surface area contributed by atoms with Crippen LogP contribution in [0.1, 0.15) is 6.92 Å². The molecule has 0 saturated carbocycles. The fourth-order valence-corrected chi connectivity index (χ4v) is 1.61. The number of hydrogen-bond donors (Lipinski definition) is 1. The van der Waals surface area contributed by atoms with E-state index in [-0.39, 0.29) is 11.9 Å². The van der Waals surface area contributed by atoms with E-state index in [4.69, 9.17) is 0 Å². The highest BCUT2D eigenvalue weighted by Gasteiger charge is 2.14. The van der Waals surface area contributed by atoms with Crippen LogP contribution in [0.2, 0.25) is 0 Å². The van der Waals surface area contributed by atoms with E-state index in [0.29, 0.717) is 11.5 Å². The van der Waals surface area contributed by atoms with Crippen molar-refractivity contribution < 1.29 is 4.79 Å². The van der Waals surface area contributed by atoms with Gasteiger partial charge >= 0.3 is 0 Å². The Hall–Kier alpha value is -2.24. The van der Waals surface area contributed by atoms with Gasteiger partial charge in [-0.2, -0.15) is 0 Å². The van der Waals surface area contributed by atoms with Gasteiger partial charge in [-0.05, 0) is 19.1 Å². The third-order valence-electron chi connectivity index (χ3n) is 2.51. The molecule has 0 spiro atoms. The predicted molar refractivity (Wildman–Crippen MR) is 69.1 cm³/mol. The lowest BCUT2D eigenvalue weighted by Gasteiger charge is -2.18. The van der Waals surface area contributed by atoms with Gasteiger partial charge in [0.1, 0.15) is 17.4 Å². The van der Waals surface area contributed by atoms with Gasteiger partial charge in [-0.1, -0.05) is 0 Å². The minimum absolute atomic E-state index is 0.00366. The zero-order valence-corrected chi connectivity index (χ0v) is 10.6. The molecule has 1 N–H and O–H groups in total. The van der Waals surface area contributed by atoms with Crippen LogP contribution < -0.4 is 5.32 Å². The first-order valence-electron chi connectivity index (χ1n) is 5.63. The molecule has 18 heavy (non-hydrogen) atoms. The second-order valence-electron chi connectivity index (χ2n) is 4.19. The highest BCUT2D eigenvalue weighted by atomic mass is 16.2. The lowest BCUT2D eigenvalue weighted by Crippen LogP contribution is -2.36. The van der Waals surface area contributed by atoms with Crippen molar-refractivity contribution in [2.24, 2.45) is 0 Å². The molecular weight excluding hydrogens is 230 g/mol. The molecule has 0 saturated heterocycles. The van der Waals surface area contributed by atoms with Crippen molar-refractivity contribution in [1.82, 2.24) is 19.9 Å². The lowest BCUT2D eigenvalue weighted by atomic mass is 10.3. The number of anilines is 1. The van der Waals surface area contributed by atoms with Gasteiger partial charge in [0.25, 0.3) is 0 Å². The summed E-state index contributed by atoms with van der Waals surface area (Å²) < 4.78 is 0. The van der Waals surface area contributed by atoms with Gasteiger partial charge in [-0.15, -0.1) is 0 Å². The number of amides is 1. The number of hydrogen-bond acceptors (Lipinski definition) is 5. The van der Waals surface area contributed by atoms with Crippen LogP contribution in [0.25, 0.3) is 11.2 Å². The molecule has 6 heteroatoms. The van der Waals surface area contributed by atoms with Crippen LogP contribution in [0.15, 0.2) is 24.5 Å². The number of nitrogens with zero attached hydrogens (tertiary/aromatic N) is 4. The van der Waals surface area contributed by atoms with Crippen LogP contribution in [-0.4, -0.2) is 45.9 Å². The highest BCUT2D eigenvalue weighted by molar-refractivity contribution is 5.84. The second-order valence-corrected chi connectivity index (χ2v) is 4.19. The molecule has 0 radical (unpaired) electrons. The van der Waals surface area contributed by atoms with Gasteiger partial charge in [0, 0.05) is 26.5 Å². The van der Waals surface area contributed by atoms with Crippen molar-refractivity contribution in [3.05, 3.63) is 24.5 Å². The molecule has 1 unspecified atom stereocenters. The molecule has 6 nitrogen and oxygen atoms in total. The molecule has 0 aliphatic carbocycles. The molecule has 0 aromatic carbocycles. The van der Waals surface area contributed by atoms with E-state index >= 15 is 0 Å². The van der Waals surface area contributed by atoms with E-state index in [1.54, 1.807) is 44.4 Å². The Morgan fingerprint density at radius 3 is 2.72 bits per heavy atom. The average Bonchev–Trinajstić information content (AvgIpc) is 2.37. The third-order valence-corrected chi connectivity index (χ3v) is 2.51. The number of nitrogens with one attached hydrogen (secondary N) is 1. The van der Waals surface area contributed by atoms with Crippen LogP contribution in [-0.2, 0) is 4.79 Å². The van der Waals surface area contributed by atoms with E-state index in [1.165, 1.54) is 0 Å². The number of rotatable bonds is 3. The summed E-state index contributed by atoms with van der Waals surface area (Å²) in [5.74, 6) is 0.613. The minimum atomic E-state index is -0.332. The second kappa shape index (κ2) is 4.95. The fraction of sp³-hybridized carbons (Fsp3) is 0.333. The van der Waals surface area contributed by atoms with Crippen LogP contribution in [0, 0.1) is 0 Å². The summed E-state index contributed by atoms with van der Waals surface area (Å²) in [4.78, 5) is 25.8. The smallest absolute Gasteiger partial charge is 0.244 e. The first-order valence-corrected chi connectivity index (χ1v) is 5.63. The Labute approximate surface area is 105 Å². The monoisotopic (exact) mass is 245 g/mol. The SMILES string of the molecule is CC(Nc1ccc2nccnc2n1)C(=O)N(C)C. The summed E-state index contributed by atoms with van der Waals surface area (Å²) in [6.07, 6.45) is 3.21. The van der Waals surface area contributed by atoms with Crippen molar-refractivity contribution >= 4 is 22.9 Å². The Kier molecular flexibility index (Phi) is 3.36. The van der Waals surface area contributed by atoms with E-state index in [1.807, 2.05) is 6.07 Å². The summed E-state index contributed by atoms with van der Waals surface area (Å²) in [5, 5.41) is 3.05. The van der Waals surface area contributed by atoms with Gasteiger partial charge in [0.2, 0.25) is 5.91 Å². The molecule has 2 heterocycles. The molecule has 1 amide bonds.